The van der Waals surface area contributed by atoms with Crippen LogP contribution < -0.4 is 0 Å². The van der Waals surface area contributed by atoms with Crippen molar-refractivity contribution in [1.29, 1.82) is 0 Å². The Bertz CT molecular complexity index is 198. The van der Waals surface area contributed by atoms with Gasteiger partial charge in [0.2, 0.25) is 0 Å². The number of hydrogen-bond acceptors (Lipinski definition) is 3. The number of ether oxygens (including phenoxy) is 1. The van der Waals surface area contributed by atoms with Crippen molar-refractivity contribution in [3.8, 4) is 0 Å². The third-order valence-corrected chi connectivity index (χ3v) is 1.71. The molecule has 0 spiro atoms. The zero-order valence-electron chi connectivity index (χ0n) is 8.33. The summed E-state index contributed by atoms with van der Waals surface area (Å²) in [4.78, 5) is 12.7. The van der Waals surface area contributed by atoms with Crippen molar-refractivity contribution in [3.05, 3.63) is 6.23 Å². The Labute approximate surface area is 78.5 Å². The van der Waals surface area contributed by atoms with Gasteiger partial charge in [-0.05, 0) is 27.2 Å². The number of aliphatic hydroxyl groups excluding tert-OH is 1. The molecule has 0 unspecified atom stereocenters. The first-order valence-corrected chi connectivity index (χ1v) is 4.45. The lowest BCUT2D eigenvalue weighted by atomic mass is 10.2. The fourth-order valence-electron chi connectivity index (χ4n) is 1.17. The van der Waals surface area contributed by atoms with Gasteiger partial charge in [0.1, 0.15) is 5.60 Å². The Morgan fingerprint density at radius 1 is 1.54 bits per heavy atom. The molecule has 1 radical (unpaired) electrons. The van der Waals surface area contributed by atoms with Crippen LogP contribution in [-0.2, 0) is 4.74 Å². The quantitative estimate of drug-likeness (QED) is 0.628. The second kappa shape index (κ2) is 3.54. The van der Waals surface area contributed by atoms with E-state index in [1.54, 1.807) is 20.8 Å². The predicted molar refractivity (Wildman–Crippen MR) is 47.4 cm³/mol. The summed E-state index contributed by atoms with van der Waals surface area (Å²) >= 11 is 0. The first kappa shape index (κ1) is 10.3. The van der Waals surface area contributed by atoms with Crippen LogP contribution in [0.15, 0.2) is 0 Å². The highest BCUT2D eigenvalue weighted by Crippen LogP contribution is 2.23. The standard InChI is InChI=1S/C9H16NO3/c1-9(2,3)13-8(12)10-6-4-5-7(10)11/h11H,4-6H2,1-3H3. The molecule has 1 saturated heterocycles. The van der Waals surface area contributed by atoms with Crippen LogP contribution in [0.2, 0.25) is 0 Å². The number of hydrogen-bond donors (Lipinski definition) is 1. The molecule has 0 atom stereocenters. The van der Waals surface area contributed by atoms with E-state index >= 15 is 0 Å². The van der Waals surface area contributed by atoms with E-state index in [1.165, 1.54) is 4.90 Å². The lowest BCUT2D eigenvalue weighted by Crippen LogP contribution is -2.36. The van der Waals surface area contributed by atoms with Crippen LogP contribution in [0, 0.1) is 6.23 Å². The molecular formula is C9H16NO3. The van der Waals surface area contributed by atoms with Gasteiger partial charge in [-0.2, -0.15) is 0 Å². The molecule has 0 aromatic carbocycles. The van der Waals surface area contributed by atoms with Crippen molar-refractivity contribution in [2.75, 3.05) is 6.54 Å². The summed E-state index contributed by atoms with van der Waals surface area (Å²) in [6.07, 6.45) is 1.04. The minimum Gasteiger partial charge on any atom is -0.444 e. The van der Waals surface area contributed by atoms with Crippen LogP contribution in [-0.4, -0.2) is 28.2 Å². The summed E-state index contributed by atoms with van der Waals surface area (Å²) in [7, 11) is 0. The molecule has 1 aliphatic heterocycles. The second-order valence-corrected chi connectivity index (χ2v) is 4.15. The molecule has 1 rings (SSSR count). The molecule has 75 valence electrons. The number of amides is 1. The maximum Gasteiger partial charge on any atom is 0.412 e. The van der Waals surface area contributed by atoms with Gasteiger partial charge in [-0.3, -0.25) is 4.90 Å². The highest BCUT2D eigenvalue weighted by Gasteiger charge is 2.31. The number of likely N-dealkylation sites (tertiary alicyclic amines) is 1. The average Bonchev–Trinajstić information content (AvgIpc) is 2.30. The molecule has 1 amide bonds. The van der Waals surface area contributed by atoms with Crippen LogP contribution >= 0.6 is 0 Å². The summed E-state index contributed by atoms with van der Waals surface area (Å²) in [5.74, 6) is 0. The summed E-state index contributed by atoms with van der Waals surface area (Å²) in [5.41, 5.74) is -0.500. The molecule has 1 heterocycles. The molecule has 1 aliphatic rings. The van der Waals surface area contributed by atoms with E-state index in [9.17, 15) is 9.90 Å². The average molecular weight is 186 g/mol. The van der Waals surface area contributed by atoms with Crippen molar-refractivity contribution < 1.29 is 14.6 Å². The summed E-state index contributed by atoms with van der Waals surface area (Å²) in [5, 5.41) is 9.30. The number of aliphatic hydroxyl groups is 1. The summed E-state index contributed by atoms with van der Waals surface area (Å²) in [6, 6.07) is 0. The molecule has 4 nitrogen and oxygen atoms in total. The first-order valence-electron chi connectivity index (χ1n) is 4.45. The molecule has 13 heavy (non-hydrogen) atoms. The molecule has 1 fully saturated rings. The van der Waals surface area contributed by atoms with E-state index in [4.69, 9.17) is 4.74 Å². The van der Waals surface area contributed by atoms with Gasteiger partial charge >= 0.3 is 6.09 Å². The molecular weight excluding hydrogens is 170 g/mol. The highest BCUT2D eigenvalue weighted by molar-refractivity contribution is 5.69. The number of nitrogens with zero attached hydrogens (tertiary/aromatic N) is 1. The third kappa shape index (κ3) is 2.88. The third-order valence-electron chi connectivity index (χ3n) is 1.71. The van der Waals surface area contributed by atoms with Gasteiger partial charge in [0.25, 0.3) is 0 Å². The van der Waals surface area contributed by atoms with E-state index in [-0.39, 0.29) is 6.23 Å². The summed E-state index contributed by atoms with van der Waals surface area (Å²) in [6.45, 7) is 5.97. The van der Waals surface area contributed by atoms with Crippen molar-refractivity contribution in [2.24, 2.45) is 0 Å². The minimum absolute atomic E-state index is 0.120. The Kier molecular flexibility index (Phi) is 2.81. The van der Waals surface area contributed by atoms with Gasteiger partial charge in [-0.1, -0.05) is 0 Å². The predicted octanol–water partition coefficient (Wildman–Crippen LogP) is 1.88. The number of carbonyl (C=O) groups is 1. The van der Waals surface area contributed by atoms with Gasteiger partial charge in [0.05, 0.1) is 0 Å². The van der Waals surface area contributed by atoms with Crippen molar-refractivity contribution in [1.82, 2.24) is 4.90 Å². The smallest absolute Gasteiger partial charge is 0.412 e. The van der Waals surface area contributed by atoms with E-state index in [1.807, 2.05) is 0 Å². The highest BCUT2D eigenvalue weighted by atomic mass is 16.6. The fraction of sp³-hybridized carbons (Fsp3) is 0.778. The lowest BCUT2D eigenvalue weighted by molar-refractivity contribution is 0.0163. The molecule has 0 aliphatic carbocycles. The Hall–Kier alpha value is -0.770. The van der Waals surface area contributed by atoms with E-state index in [0.717, 1.165) is 6.42 Å². The maximum atomic E-state index is 11.4. The monoisotopic (exact) mass is 186 g/mol. The summed E-state index contributed by atoms with van der Waals surface area (Å²) < 4.78 is 5.10. The Morgan fingerprint density at radius 3 is 2.54 bits per heavy atom. The van der Waals surface area contributed by atoms with Crippen molar-refractivity contribution in [2.45, 2.75) is 39.2 Å². The SMILES string of the molecule is CC(C)(C)OC(=O)N1CCC[C]1O. The van der Waals surface area contributed by atoms with Crippen LogP contribution in [0.4, 0.5) is 4.79 Å². The van der Waals surface area contributed by atoms with Gasteiger partial charge in [0.15, 0.2) is 6.23 Å². The van der Waals surface area contributed by atoms with E-state index < -0.39 is 11.7 Å². The molecule has 0 aromatic rings. The van der Waals surface area contributed by atoms with Crippen molar-refractivity contribution in [3.63, 3.8) is 0 Å². The molecule has 4 heteroatoms. The molecule has 1 N–H and O–H groups in total. The Morgan fingerprint density at radius 2 is 2.15 bits per heavy atom. The fourth-order valence-corrected chi connectivity index (χ4v) is 1.17. The van der Waals surface area contributed by atoms with Crippen LogP contribution in [0.3, 0.4) is 0 Å². The van der Waals surface area contributed by atoms with Crippen LogP contribution in [0.1, 0.15) is 33.6 Å². The molecule has 0 saturated carbocycles. The minimum atomic E-state index is -0.500. The van der Waals surface area contributed by atoms with Gasteiger partial charge in [0, 0.05) is 13.0 Å². The van der Waals surface area contributed by atoms with Crippen LogP contribution in [0.25, 0.3) is 0 Å². The zero-order valence-corrected chi connectivity index (χ0v) is 8.33. The van der Waals surface area contributed by atoms with Gasteiger partial charge < -0.3 is 9.84 Å². The molecule has 0 bridgehead atoms. The second-order valence-electron chi connectivity index (χ2n) is 4.15. The van der Waals surface area contributed by atoms with Gasteiger partial charge in [-0.25, -0.2) is 4.79 Å². The normalized spacial score (nSPS) is 19.2. The Balaban J connectivity index is 2.48. The first-order chi connectivity index (χ1) is 5.90. The largest absolute Gasteiger partial charge is 0.444 e. The van der Waals surface area contributed by atoms with Gasteiger partial charge in [-0.15, -0.1) is 0 Å². The van der Waals surface area contributed by atoms with Crippen molar-refractivity contribution >= 4 is 6.09 Å². The maximum absolute atomic E-state index is 11.4. The van der Waals surface area contributed by atoms with Crippen LogP contribution in [0.5, 0.6) is 0 Å². The zero-order chi connectivity index (χ0) is 10.1. The lowest BCUT2D eigenvalue weighted by Gasteiger charge is -2.25. The number of rotatable bonds is 0. The number of carbonyl (C=O) groups excluding carboxylic acids is 1. The topological polar surface area (TPSA) is 49.8 Å². The molecule has 0 aromatic heterocycles. The van der Waals surface area contributed by atoms with E-state index in [2.05, 4.69) is 0 Å². The van der Waals surface area contributed by atoms with E-state index in [0.29, 0.717) is 13.0 Å².